The van der Waals surface area contributed by atoms with Crippen molar-refractivity contribution in [3.8, 4) is 0 Å². The maximum atomic E-state index is 5.55. The molecule has 2 aliphatic rings. The molecule has 2 fully saturated rings. The molecule has 0 unspecified atom stereocenters. The van der Waals surface area contributed by atoms with Crippen LogP contribution in [-0.4, -0.2) is 25.8 Å². The van der Waals surface area contributed by atoms with E-state index in [4.69, 9.17) is 4.74 Å². The highest BCUT2D eigenvalue weighted by atomic mass is 16.5. The zero-order chi connectivity index (χ0) is 8.93. The van der Waals surface area contributed by atoms with Crippen molar-refractivity contribution >= 4 is 0 Å². The fourth-order valence-electron chi connectivity index (χ4n) is 1.46. The first-order chi connectivity index (χ1) is 6.45. The zero-order valence-corrected chi connectivity index (χ0v) is 8.43. The lowest BCUT2D eigenvalue weighted by Crippen LogP contribution is -2.17. The minimum Gasteiger partial charge on any atom is -0.381 e. The van der Waals surface area contributed by atoms with E-state index in [0.717, 1.165) is 25.2 Å². The van der Waals surface area contributed by atoms with Gasteiger partial charge in [0.15, 0.2) is 0 Å². The summed E-state index contributed by atoms with van der Waals surface area (Å²) in [5.74, 6) is 0.921. The first-order valence-corrected chi connectivity index (χ1v) is 5.76. The Morgan fingerprint density at radius 1 is 1.08 bits per heavy atom. The molecule has 2 nitrogen and oxygen atoms in total. The van der Waals surface area contributed by atoms with E-state index in [1.54, 1.807) is 0 Å². The van der Waals surface area contributed by atoms with Gasteiger partial charge in [0.05, 0.1) is 0 Å². The van der Waals surface area contributed by atoms with Crippen molar-refractivity contribution in [3.63, 3.8) is 0 Å². The number of hydrogen-bond acceptors (Lipinski definition) is 2. The second-order valence-corrected chi connectivity index (χ2v) is 4.45. The highest BCUT2D eigenvalue weighted by Crippen LogP contribution is 2.28. The fraction of sp³-hybridized carbons (Fsp3) is 1.00. The Kier molecular flexibility index (Phi) is 3.62. The summed E-state index contributed by atoms with van der Waals surface area (Å²) in [6.45, 7) is 3.19. The summed E-state index contributed by atoms with van der Waals surface area (Å²) < 4.78 is 5.55. The van der Waals surface area contributed by atoms with Gasteiger partial charge in [0.2, 0.25) is 0 Å². The van der Waals surface area contributed by atoms with Crippen LogP contribution in [0.2, 0.25) is 0 Å². The molecule has 0 aromatic rings. The van der Waals surface area contributed by atoms with Gasteiger partial charge < -0.3 is 10.1 Å². The van der Waals surface area contributed by atoms with E-state index in [1.165, 1.54) is 45.1 Å². The molecule has 0 aromatic carbocycles. The van der Waals surface area contributed by atoms with Gasteiger partial charge in [-0.1, -0.05) is 0 Å². The summed E-state index contributed by atoms with van der Waals surface area (Å²) in [7, 11) is 0. The summed E-state index contributed by atoms with van der Waals surface area (Å²) in [5, 5.41) is 3.51. The average molecular weight is 183 g/mol. The molecule has 0 aromatic heterocycles. The van der Waals surface area contributed by atoms with Crippen LogP contribution in [0.15, 0.2) is 0 Å². The van der Waals surface area contributed by atoms with Crippen LogP contribution in [0, 0.1) is 5.92 Å². The second kappa shape index (κ2) is 4.97. The molecule has 0 amide bonds. The molecule has 0 aliphatic heterocycles. The van der Waals surface area contributed by atoms with Crippen LogP contribution >= 0.6 is 0 Å². The van der Waals surface area contributed by atoms with Crippen LogP contribution in [0.25, 0.3) is 0 Å². The van der Waals surface area contributed by atoms with Gasteiger partial charge >= 0.3 is 0 Å². The zero-order valence-electron chi connectivity index (χ0n) is 8.43. The lowest BCUT2D eigenvalue weighted by atomic mass is 10.3. The average Bonchev–Trinajstić information content (AvgIpc) is 2.99. The topological polar surface area (TPSA) is 21.3 Å². The largest absolute Gasteiger partial charge is 0.381 e. The van der Waals surface area contributed by atoms with Gasteiger partial charge in [-0.25, -0.2) is 0 Å². The molecule has 0 spiro atoms. The van der Waals surface area contributed by atoms with E-state index in [-0.39, 0.29) is 0 Å². The van der Waals surface area contributed by atoms with Gasteiger partial charge in [-0.15, -0.1) is 0 Å². The van der Waals surface area contributed by atoms with Crippen LogP contribution in [0.1, 0.15) is 38.5 Å². The van der Waals surface area contributed by atoms with Crippen LogP contribution in [0.5, 0.6) is 0 Å². The Labute approximate surface area is 81.0 Å². The maximum absolute atomic E-state index is 5.55. The molecule has 0 saturated heterocycles. The third kappa shape index (κ3) is 4.63. The molecular formula is C11H21NO. The van der Waals surface area contributed by atoms with E-state index in [1.807, 2.05) is 0 Å². The van der Waals surface area contributed by atoms with Crippen molar-refractivity contribution in [3.05, 3.63) is 0 Å². The highest BCUT2D eigenvalue weighted by Gasteiger charge is 2.21. The molecule has 0 atom stereocenters. The summed E-state index contributed by atoms with van der Waals surface area (Å²) in [4.78, 5) is 0. The second-order valence-electron chi connectivity index (χ2n) is 4.45. The Morgan fingerprint density at radius 2 is 1.92 bits per heavy atom. The van der Waals surface area contributed by atoms with Gasteiger partial charge in [0, 0.05) is 19.3 Å². The van der Waals surface area contributed by atoms with Crippen LogP contribution < -0.4 is 5.32 Å². The Morgan fingerprint density at radius 3 is 2.62 bits per heavy atom. The number of unbranched alkanes of at least 4 members (excludes halogenated alkanes) is 1. The minimum absolute atomic E-state index is 0.868. The lowest BCUT2D eigenvalue weighted by molar-refractivity contribution is 0.121. The van der Waals surface area contributed by atoms with Crippen LogP contribution in [0.4, 0.5) is 0 Å². The molecule has 0 radical (unpaired) electrons. The molecule has 1 N–H and O–H groups in total. The van der Waals surface area contributed by atoms with Crippen LogP contribution in [0.3, 0.4) is 0 Å². The number of nitrogens with one attached hydrogen (secondary N) is 1. The third-order valence-corrected chi connectivity index (χ3v) is 2.78. The van der Waals surface area contributed by atoms with E-state index in [2.05, 4.69) is 5.32 Å². The maximum Gasteiger partial charge on any atom is 0.0494 e. The highest BCUT2D eigenvalue weighted by molar-refractivity contribution is 4.80. The van der Waals surface area contributed by atoms with E-state index < -0.39 is 0 Å². The third-order valence-electron chi connectivity index (χ3n) is 2.78. The van der Waals surface area contributed by atoms with Crippen molar-refractivity contribution in [1.82, 2.24) is 5.32 Å². The molecule has 2 aliphatic carbocycles. The summed E-state index contributed by atoms with van der Waals surface area (Å²) in [5.41, 5.74) is 0. The van der Waals surface area contributed by atoms with Gasteiger partial charge in [0.25, 0.3) is 0 Å². The summed E-state index contributed by atoms with van der Waals surface area (Å²) in [6.07, 6.45) is 8.12. The van der Waals surface area contributed by atoms with Crippen molar-refractivity contribution in [1.29, 1.82) is 0 Å². The molecule has 76 valence electrons. The predicted molar refractivity (Wildman–Crippen MR) is 53.8 cm³/mol. The fourth-order valence-corrected chi connectivity index (χ4v) is 1.46. The molecular weight excluding hydrogens is 162 g/mol. The van der Waals surface area contributed by atoms with Gasteiger partial charge in [-0.3, -0.25) is 0 Å². The predicted octanol–water partition coefficient (Wildman–Crippen LogP) is 1.95. The molecule has 13 heavy (non-hydrogen) atoms. The van der Waals surface area contributed by atoms with Gasteiger partial charge in [-0.2, -0.15) is 0 Å². The van der Waals surface area contributed by atoms with Crippen molar-refractivity contribution in [2.24, 2.45) is 5.92 Å². The number of ether oxygens (including phenoxy) is 1. The van der Waals surface area contributed by atoms with Crippen LogP contribution in [-0.2, 0) is 4.74 Å². The lowest BCUT2D eigenvalue weighted by Gasteiger charge is -2.03. The molecule has 2 heteroatoms. The Balaban J connectivity index is 1.28. The smallest absolute Gasteiger partial charge is 0.0494 e. The summed E-state index contributed by atoms with van der Waals surface area (Å²) >= 11 is 0. The first-order valence-electron chi connectivity index (χ1n) is 5.76. The molecule has 0 heterocycles. The quantitative estimate of drug-likeness (QED) is 0.581. The number of rotatable bonds is 8. The van der Waals surface area contributed by atoms with Crippen molar-refractivity contribution < 1.29 is 4.74 Å². The molecule has 0 bridgehead atoms. The number of hydrogen-bond donors (Lipinski definition) is 1. The van der Waals surface area contributed by atoms with Crippen molar-refractivity contribution in [2.45, 2.75) is 44.6 Å². The standard InChI is InChI=1S/C11H21NO/c1(7-12-11-5-6-11)2-8-13-9-10-3-4-10/h10-12H,1-9H2. The first kappa shape index (κ1) is 9.47. The van der Waals surface area contributed by atoms with E-state index >= 15 is 0 Å². The Bertz CT molecular complexity index is 125. The minimum atomic E-state index is 0.868. The molecule has 2 rings (SSSR count). The Hall–Kier alpha value is -0.0800. The van der Waals surface area contributed by atoms with E-state index in [9.17, 15) is 0 Å². The summed E-state index contributed by atoms with van der Waals surface area (Å²) in [6, 6.07) is 0.868. The normalized spacial score (nSPS) is 22.2. The van der Waals surface area contributed by atoms with Gasteiger partial charge in [0.1, 0.15) is 0 Å². The van der Waals surface area contributed by atoms with E-state index in [0.29, 0.717) is 0 Å². The van der Waals surface area contributed by atoms with Crippen molar-refractivity contribution in [2.75, 3.05) is 19.8 Å². The monoisotopic (exact) mass is 183 g/mol. The van der Waals surface area contributed by atoms with Gasteiger partial charge in [-0.05, 0) is 51.0 Å². The molecule has 2 saturated carbocycles. The SMILES string of the molecule is C(CCOCC1CC1)CNC1CC1.